The summed E-state index contributed by atoms with van der Waals surface area (Å²) in [5.74, 6) is 0.372. The van der Waals surface area contributed by atoms with Crippen molar-refractivity contribution >= 4 is 11.5 Å². The highest BCUT2D eigenvalue weighted by atomic mass is 16.5. The van der Waals surface area contributed by atoms with Gasteiger partial charge in [-0.3, -0.25) is 4.40 Å². The molecule has 3 rings (SSSR count). The van der Waals surface area contributed by atoms with Crippen LogP contribution in [0.25, 0.3) is 5.52 Å². The summed E-state index contributed by atoms with van der Waals surface area (Å²) in [7, 11) is 1.59. The van der Waals surface area contributed by atoms with Gasteiger partial charge >= 0.3 is 5.97 Å². The molecule has 0 bridgehead atoms. The fraction of sp³-hybridized carbons (Fsp3) is 0.467. The number of methoxy groups -OCH3 is 1. The van der Waals surface area contributed by atoms with Crippen LogP contribution in [-0.4, -0.2) is 33.6 Å². The van der Waals surface area contributed by atoms with Gasteiger partial charge in [0.15, 0.2) is 5.69 Å². The summed E-state index contributed by atoms with van der Waals surface area (Å²) in [6, 6.07) is 3.99. The first-order chi connectivity index (χ1) is 10.2. The molecule has 2 heterocycles. The van der Waals surface area contributed by atoms with E-state index in [1.165, 1.54) is 25.7 Å². The van der Waals surface area contributed by atoms with Gasteiger partial charge in [-0.15, -0.1) is 0 Å². The van der Waals surface area contributed by atoms with Gasteiger partial charge in [-0.1, -0.05) is 12.8 Å². The summed E-state index contributed by atoms with van der Waals surface area (Å²) >= 11 is 0. The van der Waals surface area contributed by atoms with Gasteiger partial charge in [0.25, 0.3) is 0 Å². The average Bonchev–Trinajstić information content (AvgIpc) is 3.12. The van der Waals surface area contributed by atoms with Gasteiger partial charge in [-0.25, -0.2) is 9.78 Å². The lowest BCUT2D eigenvalue weighted by atomic mass is 10.2. The SMILES string of the molecule is COc1ccc2c(C(=O)O)nc(CNC3CCCC3)n2c1. The van der Waals surface area contributed by atoms with E-state index in [-0.39, 0.29) is 5.69 Å². The number of rotatable bonds is 5. The predicted octanol–water partition coefficient (Wildman–Crippen LogP) is 2.07. The van der Waals surface area contributed by atoms with Crippen molar-refractivity contribution in [3.05, 3.63) is 29.8 Å². The quantitative estimate of drug-likeness (QED) is 0.881. The molecule has 1 aliphatic rings. The van der Waals surface area contributed by atoms with Crippen LogP contribution in [0.5, 0.6) is 5.75 Å². The number of aromatic nitrogens is 2. The van der Waals surface area contributed by atoms with E-state index in [0.29, 0.717) is 29.7 Å². The third-order valence-corrected chi connectivity index (χ3v) is 4.03. The summed E-state index contributed by atoms with van der Waals surface area (Å²) in [6.45, 7) is 0.562. The zero-order valence-electron chi connectivity index (χ0n) is 12.0. The Hall–Kier alpha value is -2.08. The van der Waals surface area contributed by atoms with Crippen LogP contribution >= 0.6 is 0 Å². The van der Waals surface area contributed by atoms with E-state index in [4.69, 9.17) is 4.74 Å². The van der Waals surface area contributed by atoms with Crippen molar-refractivity contribution in [2.24, 2.45) is 0 Å². The minimum Gasteiger partial charge on any atom is -0.495 e. The molecule has 21 heavy (non-hydrogen) atoms. The van der Waals surface area contributed by atoms with Gasteiger partial charge in [0.1, 0.15) is 11.6 Å². The number of carboxylic acid groups (broad SMARTS) is 1. The van der Waals surface area contributed by atoms with Crippen molar-refractivity contribution in [3.63, 3.8) is 0 Å². The van der Waals surface area contributed by atoms with Gasteiger partial charge in [0.05, 0.1) is 25.4 Å². The highest BCUT2D eigenvalue weighted by Crippen LogP contribution is 2.21. The fourth-order valence-electron chi connectivity index (χ4n) is 2.90. The number of hydrogen-bond acceptors (Lipinski definition) is 4. The third kappa shape index (κ3) is 2.71. The van der Waals surface area contributed by atoms with Crippen LogP contribution in [0.4, 0.5) is 0 Å². The molecule has 2 N–H and O–H groups in total. The van der Waals surface area contributed by atoms with Gasteiger partial charge < -0.3 is 15.2 Å². The molecular formula is C15H19N3O3. The lowest BCUT2D eigenvalue weighted by Gasteiger charge is -2.11. The Morgan fingerprint density at radius 1 is 1.48 bits per heavy atom. The predicted molar refractivity (Wildman–Crippen MR) is 77.8 cm³/mol. The van der Waals surface area contributed by atoms with Crippen molar-refractivity contribution < 1.29 is 14.6 Å². The minimum absolute atomic E-state index is 0.0841. The Bertz CT molecular complexity index is 659. The number of fused-ring (bicyclic) bond motifs is 1. The Morgan fingerprint density at radius 2 is 2.24 bits per heavy atom. The van der Waals surface area contributed by atoms with Crippen molar-refractivity contribution in [1.29, 1.82) is 0 Å². The van der Waals surface area contributed by atoms with E-state index >= 15 is 0 Å². The van der Waals surface area contributed by atoms with Crippen molar-refractivity contribution in [3.8, 4) is 5.75 Å². The minimum atomic E-state index is -1.01. The summed E-state index contributed by atoms with van der Waals surface area (Å²) in [4.78, 5) is 15.6. The molecule has 0 saturated heterocycles. The lowest BCUT2D eigenvalue weighted by molar-refractivity contribution is 0.0693. The number of hydrogen-bond donors (Lipinski definition) is 2. The Morgan fingerprint density at radius 3 is 2.90 bits per heavy atom. The Balaban J connectivity index is 1.93. The van der Waals surface area contributed by atoms with Gasteiger partial charge in [0.2, 0.25) is 0 Å². The smallest absolute Gasteiger partial charge is 0.356 e. The summed E-state index contributed by atoms with van der Waals surface area (Å²) < 4.78 is 7.00. The first-order valence-electron chi connectivity index (χ1n) is 7.20. The second-order valence-electron chi connectivity index (χ2n) is 5.37. The maximum absolute atomic E-state index is 11.3. The lowest BCUT2D eigenvalue weighted by Crippen LogP contribution is -2.26. The number of carboxylic acids is 1. The van der Waals surface area contributed by atoms with Gasteiger partial charge in [-0.05, 0) is 25.0 Å². The van der Waals surface area contributed by atoms with E-state index in [2.05, 4.69) is 10.3 Å². The van der Waals surface area contributed by atoms with Crippen LogP contribution < -0.4 is 10.1 Å². The molecule has 1 saturated carbocycles. The van der Waals surface area contributed by atoms with Gasteiger partial charge in [-0.2, -0.15) is 0 Å². The van der Waals surface area contributed by atoms with Crippen molar-refractivity contribution in [2.45, 2.75) is 38.3 Å². The van der Waals surface area contributed by atoms with Crippen molar-refractivity contribution in [1.82, 2.24) is 14.7 Å². The van der Waals surface area contributed by atoms with E-state index in [1.54, 1.807) is 29.8 Å². The number of imidazole rings is 1. The maximum atomic E-state index is 11.3. The summed E-state index contributed by atoms with van der Waals surface area (Å²) in [5.41, 5.74) is 0.674. The zero-order valence-corrected chi connectivity index (χ0v) is 12.0. The number of nitrogens with zero attached hydrogens (tertiary/aromatic N) is 2. The molecule has 2 aromatic heterocycles. The van der Waals surface area contributed by atoms with Crippen LogP contribution in [0.2, 0.25) is 0 Å². The average molecular weight is 289 g/mol. The standard InChI is InChI=1S/C15H19N3O3/c1-21-11-6-7-12-14(15(19)20)17-13(18(12)9-11)8-16-10-4-2-3-5-10/h6-7,9-10,16H,2-5,8H2,1H3,(H,19,20). The molecule has 112 valence electrons. The first kappa shape index (κ1) is 13.9. The molecule has 0 aromatic carbocycles. The third-order valence-electron chi connectivity index (χ3n) is 4.03. The van der Waals surface area contributed by atoms with E-state index < -0.39 is 5.97 Å². The van der Waals surface area contributed by atoms with Crippen LogP contribution in [0.1, 0.15) is 42.0 Å². The molecule has 0 radical (unpaired) electrons. The second-order valence-corrected chi connectivity index (χ2v) is 5.37. The number of carbonyl (C=O) groups is 1. The molecule has 6 heteroatoms. The molecule has 1 fully saturated rings. The van der Waals surface area contributed by atoms with E-state index in [0.717, 1.165) is 0 Å². The van der Waals surface area contributed by atoms with Crippen LogP contribution in [-0.2, 0) is 6.54 Å². The number of pyridine rings is 1. The fourth-order valence-corrected chi connectivity index (χ4v) is 2.90. The van der Waals surface area contributed by atoms with Crippen LogP contribution in [0.15, 0.2) is 18.3 Å². The molecule has 0 unspecified atom stereocenters. The first-order valence-corrected chi connectivity index (χ1v) is 7.20. The molecule has 0 atom stereocenters. The van der Waals surface area contributed by atoms with Crippen LogP contribution in [0.3, 0.4) is 0 Å². The number of ether oxygens (including phenoxy) is 1. The largest absolute Gasteiger partial charge is 0.495 e. The molecule has 0 amide bonds. The molecular weight excluding hydrogens is 270 g/mol. The van der Waals surface area contributed by atoms with E-state index in [9.17, 15) is 9.90 Å². The zero-order chi connectivity index (χ0) is 14.8. The number of aromatic carboxylic acids is 1. The summed E-state index contributed by atoms with van der Waals surface area (Å²) in [5, 5.41) is 12.7. The van der Waals surface area contributed by atoms with Crippen molar-refractivity contribution in [2.75, 3.05) is 7.11 Å². The highest BCUT2D eigenvalue weighted by Gasteiger charge is 2.19. The second kappa shape index (κ2) is 5.73. The molecule has 0 aliphatic heterocycles. The summed E-state index contributed by atoms with van der Waals surface area (Å²) in [6.07, 6.45) is 6.65. The molecule has 6 nitrogen and oxygen atoms in total. The molecule has 2 aromatic rings. The molecule has 0 spiro atoms. The normalized spacial score (nSPS) is 15.7. The van der Waals surface area contributed by atoms with Crippen LogP contribution in [0, 0.1) is 0 Å². The Kier molecular flexibility index (Phi) is 3.79. The maximum Gasteiger partial charge on any atom is 0.356 e. The topological polar surface area (TPSA) is 75.9 Å². The highest BCUT2D eigenvalue weighted by molar-refractivity contribution is 5.93. The molecule has 1 aliphatic carbocycles. The van der Waals surface area contributed by atoms with E-state index in [1.807, 2.05) is 0 Å². The monoisotopic (exact) mass is 289 g/mol. The number of nitrogens with one attached hydrogen (secondary N) is 1. The Labute approximate surface area is 122 Å². The van der Waals surface area contributed by atoms with Gasteiger partial charge in [0, 0.05) is 6.04 Å².